The fourth-order valence-electron chi connectivity index (χ4n) is 1.57. The summed E-state index contributed by atoms with van der Waals surface area (Å²) in [6, 6.07) is 10.8. The number of hydrogen-bond donors (Lipinski definition) is 2. The predicted octanol–water partition coefficient (Wildman–Crippen LogP) is 4.66. The number of aromatic hydroxyl groups is 1. The normalized spacial score (nSPS) is 10.9. The van der Waals surface area contributed by atoms with E-state index in [1.54, 1.807) is 24.3 Å². The first-order chi connectivity index (χ1) is 11.0. The second-order valence-electron chi connectivity index (χ2n) is 4.36. The van der Waals surface area contributed by atoms with Crippen molar-refractivity contribution in [1.82, 2.24) is 5.43 Å². The van der Waals surface area contributed by atoms with Crippen molar-refractivity contribution < 1.29 is 9.90 Å². The second-order valence-corrected chi connectivity index (χ2v) is 7.92. The quantitative estimate of drug-likeness (QED) is 0.259. The number of amides is 1. The summed E-state index contributed by atoms with van der Waals surface area (Å²) in [5, 5.41) is 14.4. The van der Waals surface area contributed by atoms with Crippen LogP contribution in [0.1, 0.15) is 5.56 Å². The number of phenols is 1. The summed E-state index contributed by atoms with van der Waals surface area (Å²) in [7, 11) is 0. The molecule has 0 aromatic heterocycles. The molecule has 2 N–H and O–H groups in total. The average molecular weight is 526 g/mol. The first-order valence-corrected chi connectivity index (χ1v) is 9.57. The molecule has 2 aromatic rings. The molecule has 2 rings (SSSR count). The van der Waals surface area contributed by atoms with E-state index < -0.39 is 0 Å². The topological polar surface area (TPSA) is 61.7 Å². The molecule has 0 aliphatic heterocycles. The minimum atomic E-state index is -0.231. The van der Waals surface area contributed by atoms with Crippen LogP contribution in [0.2, 0.25) is 5.02 Å². The third kappa shape index (κ3) is 5.98. The van der Waals surface area contributed by atoms with E-state index in [0.29, 0.717) is 14.2 Å². The molecule has 2 aromatic carbocycles. The zero-order chi connectivity index (χ0) is 16.8. The number of nitrogens with one attached hydrogen (secondary N) is 1. The molecule has 0 saturated carbocycles. The van der Waals surface area contributed by atoms with Gasteiger partial charge in [0.05, 0.1) is 15.5 Å². The molecule has 0 aliphatic carbocycles. The van der Waals surface area contributed by atoms with Gasteiger partial charge in [-0.15, -0.1) is 11.8 Å². The number of hydrogen-bond acceptors (Lipinski definition) is 4. The molecule has 8 heteroatoms. The molecule has 0 saturated heterocycles. The van der Waals surface area contributed by atoms with Gasteiger partial charge in [-0.3, -0.25) is 4.79 Å². The molecule has 0 fully saturated rings. The standard InChI is InChI=1S/C15H11BrClIN2O2S/c16-10-5-9(15(22)13(18)6-10)7-19-20-14(21)8-23-12-3-1-11(17)2-4-12/h1-7,22H,8H2,(H,20,21)/b19-7+. The summed E-state index contributed by atoms with van der Waals surface area (Å²) in [5.74, 6) is 0.133. The van der Waals surface area contributed by atoms with Crippen LogP contribution in [0.3, 0.4) is 0 Å². The second kappa shape index (κ2) is 8.91. The lowest BCUT2D eigenvalue weighted by molar-refractivity contribution is -0.118. The van der Waals surface area contributed by atoms with E-state index >= 15 is 0 Å². The fraction of sp³-hybridized carbons (Fsp3) is 0.0667. The van der Waals surface area contributed by atoms with Gasteiger partial charge in [0.15, 0.2) is 0 Å². The molecule has 0 spiro atoms. The van der Waals surface area contributed by atoms with Crippen molar-refractivity contribution in [3.63, 3.8) is 0 Å². The zero-order valence-electron chi connectivity index (χ0n) is 11.6. The van der Waals surface area contributed by atoms with Crippen LogP contribution in [0.4, 0.5) is 0 Å². The van der Waals surface area contributed by atoms with Gasteiger partial charge in [-0.05, 0) is 59.0 Å². The lowest BCUT2D eigenvalue weighted by Gasteiger charge is -2.03. The Bertz CT molecular complexity index is 741. The summed E-state index contributed by atoms with van der Waals surface area (Å²) in [6.45, 7) is 0. The van der Waals surface area contributed by atoms with Crippen LogP contribution >= 0.6 is 61.9 Å². The molecular weight excluding hydrogens is 515 g/mol. The number of nitrogens with zero attached hydrogens (tertiary/aromatic N) is 1. The van der Waals surface area contributed by atoms with Gasteiger partial charge >= 0.3 is 0 Å². The number of benzene rings is 2. The van der Waals surface area contributed by atoms with E-state index in [4.69, 9.17) is 11.6 Å². The molecule has 1 amide bonds. The maximum Gasteiger partial charge on any atom is 0.250 e. The summed E-state index contributed by atoms with van der Waals surface area (Å²) >= 11 is 12.6. The largest absolute Gasteiger partial charge is 0.506 e. The number of hydrazone groups is 1. The summed E-state index contributed by atoms with van der Waals surface area (Å²) in [5.41, 5.74) is 2.96. The third-order valence-electron chi connectivity index (χ3n) is 2.63. The van der Waals surface area contributed by atoms with Crippen LogP contribution in [0.5, 0.6) is 5.75 Å². The SMILES string of the molecule is O=C(CSc1ccc(Cl)cc1)N/N=C/c1cc(Br)cc(I)c1O. The van der Waals surface area contributed by atoms with Crippen molar-refractivity contribution in [1.29, 1.82) is 0 Å². The van der Waals surface area contributed by atoms with Gasteiger partial charge in [-0.25, -0.2) is 5.43 Å². The number of thioether (sulfide) groups is 1. The van der Waals surface area contributed by atoms with Crippen LogP contribution in [0.25, 0.3) is 0 Å². The first kappa shape index (κ1) is 18.6. The Morgan fingerprint density at radius 1 is 1.39 bits per heavy atom. The summed E-state index contributed by atoms with van der Waals surface area (Å²) < 4.78 is 1.52. The van der Waals surface area contributed by atoms with E-state index in [0.717, 1.165) is 9.37 Å². The lowest BCUT2D eigenvalue weighted by Crippen LogP contribution is -2.19. The Balaban J connectivity index is 1.88. The van der Waals surface area contributed by atoms with Crippen molar-refractivity contribution in [3.05, 3.63) is 55.0 Å². The number of halogens is 3. The summed E-state index contributed by atoms with van der Waals surface area (Å²) in [4.78, 5) is 12.7. The van der Waals surface area contributed by atoms with Crippen molar-refractivity contribution in [2.45, 2.75) is 4.90 Å². The molecule has 0 aliphatic rings. The van der Waals surface area contributed by atoms with Crippen molar-refractivity contribution in [3.8, 4) is 5.75 Å². The van der Waals surface area contributed by atoms with Gasteiger partial charge in [0.1, 0.15) is 5.75 Å². The Kier molecular flexibility index (Phi) is 7.19. The van der Waals surface area contributed by atoms with Gasteiger partial charge in [0.2, 0.25) is 5.91 Å². The highest BCUT2D eigenvalue weighted by Crippen LogP contribution is 2.27. The van der Waals surface area contributed by atoms with E-state index in [1.165, 1.54) is 18.0 Å². The summed E-state index contributed by atoms with van der Waals surface area (Å²) in [6.07, 6.45) is 1.41. The Morgan fingerprint density at radius 2 is 2.09 bits per heavy atom. The van der Waals surface area contributed by atoms with Gasteiger partial charge in [-0.1, -0.05) is 27.5 Å². The highest BCUT2D eigenvalue weighted by molar-refractivity contribution is 14.1. The highest BCUT2D eigenvalue weighted by atomic mass is 127. The maximum atomic E-state index is 11.7. The van der Waals surface area contributed by atoms with Crippen LogP contribution in [-0.2, 0) is 4.79 Å². The minimum absolute atomic E-state index is 0.127. The lowest BCUT2D eigenvalue weighted by atomic mass is 10.2. The molecule has 0 heterocycles. The molecule has 4 nitrogen and oxygen atoms in total. The van der Waals surface area contributed by atoms with Gasteiger partial charge in [-0.2, -0.15) is 5.10 Å². The molecule has 0 unspecified atom stereocenters. The van der Waals surface area contributed by atoms with E-state index in [2.05, 4.69) is 26.5 Å². The zero-order valence-corrected chi connectivity index (χ0v) is 16.9. The van der Waals surface area contributed by atoms with Crippen molar-refractivity contribution in [2.75, 3.05) is 5.75 Å². The van der Waals surface area contributed by atoms with Gasteiger partial charge in [0.25, 0.3) is 0 Å². The van der Waals surface area contributed by atoms with Crippen molar-refractivity contribution in [2.24, 2.45) is 5.10 Å². The van der Waals surface area contributed by atoms with Crippen LogP contribution in [0, 0.1) is 3.57 Å². The van der Waals surface area contributed by atoms with Gasteiger partial charge in [0, 0.05) is 20.0 Å². The number of rotatable bonds is 5. The molecule has 120 valence electrons. The number of carbonyl (C=O) groups is 1. The maximum absolute atomic E-state index is 11.7. The van der Waals surface area contributed by atoms with Crippen LogP contribution in [-0.4, -0.2) is 23.0 Å². The van der Waals surface area contributed by atoms with E-state index in [-0.39, 0.29) is 17.4 Å². The monoisotopic (exact) mass is 524 g/mol. The van der Waals surface area contributed by atoms with Crippen molar-refractivity contribution >= 4 is 74.0 Å². The van der Waals surface area contributed by atoms with E-state index in [9.17, 15) is 9.90 Å². The molecule has 0 radical (unpaired) electrons. The minimum Gasteiger partial charge on any atom is -0.506 e. The Morgan fingerprint density at radius 3 is 2.78 bits per heavy atom. The van der Waals surface area contributed by atoms with E-state index in [1.807, 2.05) is 34.7 Å². The number of phenolic OH excluding ortho intramolecular Hbond substituents is 1. The molecule has 0 bridgehead atoms. The molecular formula is C15H11BrClIN2O2S. The Hall–Kier alpha value is -0.770. The highest BCUT2D eigenvalue weighted by Gasteiger charge is 2.06. The smallest absolute Gasteiger partial charge is 0.250 e. The predicted molar refractivity (Wildman–Crippen MR) is 106 cm³/mol. The molecule has 0 atom stereocenters. The Labute approximate surface area is 165 Å². The first-order valence-electron chi connectivity index (χ1n) is 6.34. The third-order valence-corrected chi connectivity index (χ3v) is 5.18. The van der Waals surface area contributed by atoms with Gasteiger partial charge < -0.3 is 5.11 Å². The van der Waals surface area contributed by atoms with Crippen LogP contribution in [0.15, 0.2) is 50.9 Å². The van der Waals surface area contributed by atoms with Crippen LogP contribution < -0.4 is 5.43 Å². The fourth-order valence-corrected chi connectivity index (χ4v) is 3.94. The molecule has 23 heavy (non-hydrogen) atoms. The number of carbonyl (C=O) groups excluding carboxylic acids is 1. The average Bonchev–Trinajstić information content (AvgIpc) is 2.51.